The van der Waals surface area contributed by atoms with Crippen LogP contribution in [0.5, 0.6) is 0 Å². The Bertz CT molecular complexity index is 866. The van der Waals surface area contributed by atoms with E-state index in [1.54, 1.807) is 0 Å². The summed E-state index contributed by atoms with van der Waals surface area (Å²) in [6, 6.07) is 8.38. The molecule has 1 aromatic heterocycles. The van der Waals surface area contributed by atoms with Crippen molar-refractivity contribution in [2.75, 3.05) is 25.5 Å². The van der Waals surface area contributed by atoms with Crippen molar-refractivity contribution < 1.29 is 17.9 Å². The Morgan fingerprint density at radius 2 is 1.96 bits per heavy atom. The van der Waals surface area contributed by atoms with Crippen LogP contribution in [0, 0.1) is 0 Å². The molecule has 27 heavy (non-hydrogen) atoms. The fourth-order valence-corrected chi connectivity index (χ4v) is 3.11. The molecule has 1 aliphatic heterocycles. The summed E-state index contributed by atoms with van der Waals surface area (Å²) in [5.41, 5.74) is 0.303. The molecule has 0 saturated carbocycles. The van der Waals surface area contributed by atoms with E-state index in [9.17, 15) is 18.0 Å². The first-order valence-electron chi connectivity index (χ1n) is 8.28. The molecular weight excluding hydrogens is 383 g/mol. The zero-order valence-corrected chi connectivity index (χ0v) is 15.5. The lowest BCUT2D eigenvalue weighted by Gasteiger charge is -2.17. The summed E-state index contributed by atoms with van der Waals surface area (Å²) in [4.78, 5) is 14.0. The molecule has 2 aromatic rings. The minimum atomic E-state index is -4.58. The third-order valence-electron chi connectivity index (χ3n) is 4.34. The second kappa shape index (κ2) is 7.53. The number of hydrogen-bond acceptors (Lipinski definition) is 4. The van der Waals surface area contributed by atoms with E-state index in [0.29, 0.717) is 12.6 Å². The van der Waals surface area contributed by atoms with Crippen LogP contribution in [0.4, 0.5) is 18.9 Å². The molecule has 1 saturated heterocycles. The molecule has 3 rings (SSSR count). The lowest BCUT2D eigenvalue weighted by Crippen LogP contribution is -2.29. The van der Waals surface area contributed by atoms with Crippen LogP contribution in [-0.2, 0) is 17.5 Å². The Labute approximate surface area is 159 Å². The lowest BCUT2D eigenvalue weighted by molar-refractivity contribution is -0.138. The van der Waals surface area contributed by atoms with E-state index < -0.39 is 28.4 Å². The monoisotopic (exact) mass is 401 g/mol. The van der Waals surface area contributed by atoms with Crippen LogP contribution < -0.4 is 15.8 Å². The van der Waals surface area contributed by atoms with Crippen molar-refractivity contribution in [2.45, 2.75) is 25.1 Å². The van der Waals surface area contributed by atoms with E-state index in [0.717, 1.165) is 22.0 Å². The van der Waals surface area contributed by atoms with E-state index >= 15 is 0 Å². The zero-order chi connectivity index (χ0) is 19.8. The minimum Gasteiger partial charge on any atom is -0.378 e. The third-order valence-corrected chi connectivity index (χ3v) is 4.61. The quantitative estimate of drug-likeness (QED) is 0.854. The second-order valence-corrected chi connectivity index (χ2v) is 6.97. The summed E-state index contributed by atoms with van der Waals surface area (Å²) in [7, 11) is 3.88. The highest BCUT2D eigenvalue weighted by Crippen LogP contribution is 2.30. The van der Waals surface area contributed by atoms with Gasteiger partial charge in [0.2, 0.25) is 0 Å². The molecule has 1 fully saturated rings. The number of ether oxygens (including phenoxy) is 1. The highest BCUT2D eigenvalue weighted by molar-refractivity contribution is 6.30. The number of anilines is 1. The molecule has 0 bridgehead atoms. The number of hydrogen-bond donors (Lipinski definition) is 1. The standard InChI is InChI=1S/C18H19ClF3N3O2/c1-24(2)13-5-3-11(4-6-13)16-23-8-14(27-16)10-25-9-12(18(20,21)22)7-15(19)17(25)26/h3-7,9,14,16,23H,8,10H2,1-2H3/t14-,16-/m1/s1. The smallest absolute Gasteiger partial charge is 0.378 e. The van der Waals surface area contributed by atoms with Crippen molar-refractivity contribution in [2.24, 2.45) is 0 Å². The van der Waals surface area contributed by atoms with Crippen molar-refractivity contribution in [3.8, 4) is 0 Å². The van der Waals surface area contributed by atoms with Gasteiger partial charge in [-0.2, -0.15) is 13.2 Å². The Hall–Kier alpha value is -2.03. The SMILES string of the molecule is CN(C)c1ccc([C@@H]2NC[C@H](Cn3cc(C(F)(F)F)cc(Cl)c3=O)O2)cc1. The minimum absolute atomic E-state index is 0.0260. The predicted molar refractivity (Wildman–Crippen MR) is 97.1 cm³/mol. The number of alkyl halides is 3. The van der Waals surface area contributed by atoms with Crippen LogP contribution >= 0.6 is 11.6 Å². The molecular formula is C18H19ClF3N3O2. The largest absolute Gasteiger partial charge is 0.417 e. The van der Waals surface area contributed by atoms with E-state index in [1.165, 1.54) is 0 Å². The summed E-state index contributed by atoms with van der Waals surface area (Å²) in [5.74, 6) is 0. The zero-order valence-electron chi connectivity index (χ0n) is 14.8. The average molecular weight is 402 g/mol. The second-order valence-electron chi connectivity index (χ2n) is 6.56. The maximum atomic E-state index is 12.9. The van der Waals surface area contributed by atoms with Crippen molar-refractivity contribution in [3.05, 3.63) is 63.0 Å². The summed E-state index contributed by atoms with van der Waals surface area (Å²) in [5, 5.41) is 2.70. The van der Waals surface area contributed by atoms with Gasteiger partial charge in [0, 0.05) is 32.5 Å². The van der Waals surface area contributed by atoms with Crippen LogP contribution in [0.15, 0.2) is 41.3 Å². The molecule has 0 unspecified atom stereocenters. The highest BCUT2D eigenvalue weighted by atomic mass is 35.5. The number of aromatic nitrogens is 1. The maximum absolute atomic E-state index is 12.9. The van der Waals surface area contributed by atoms with Crippen molar-refractivity contribution in [1.82, 2.24) is 9.88 Å². The van der Waals surface area contributed by atoms with E-state index in [4.69, 9.17) is 16.3 Å². The molecule has 1 aliphatic rings. The molecule has 0 radical (unpaired) electrons. The molecule has 5 nitrogen and oxygen atoms in total. The Morgan fingerprint density at radius 1 is 1.30 bits per heavy atom. The number of halogens is 4. The number of nitrogens with zero attached hydrogens (tertiary/aromatic N) is 2. The maximum Gasteiger partial charge on any atom is 0.417 e. The molecule has 0 aliphatic carbocycles. The van der Waals surface area contributed by atoms with Crippen LogP contribution in [0.2, 0.25) is 5.02 Å². The number of benzene rings is 1. The molecule has 0 amide bonds. The van der Waals surface area contributed by atoms with Crippen LogP contribution in [0.25, 0.3) is 0 Å². The van der Waals surface area contributed by atoms with Gasteiger partial charge in [0.15, 0.2) is 0 Å². The van der Waals surface area contributed by atoms with Gasteiger partial charge in [-0.25, -0.2) is 0 Å². The van der Waals surface area contributed by atoms with Crippen LogP contribution in [0.1, 0.15) is 17.4 Å². The molecule has 1 N–H and O–H groups in total. The molecule has 1 aromatic carbocycles. The number of pyridine rings is 1. The summed E-state index contributed by atoms with van der Waals surface area (Å²) >= 11 is 5.68. The number of rotatable bonds is 4. The Balaban J connectivity index is 1.73. The van der Waals surface area contributed by atoms with Gasteiger partial charge in [-0.05, 0) is 23.8 Å². The predicted octanol–water partition coefficient (Wildman–Crippen LogP) is 3.27. The van der Waals surface area contributed by atoms with E-state index in [-0.39, 0.29) is 12.8 Å². The number of nitrogens with one attached hydrogen (secondary N) is 1. The first-order valence-corrected chi connectivity index (χ1v) is 8.66. The summed E-state index contributed by atoms with van der Waals surface area (Å²) in [6.45, 7) is 0.377. The van der Waals surface area contributed by atoms with Gasteiger partial charge in [-0.15, -0.1) is 0 Å². The first kappa shape index (κ1) is 19.7. The van der Waals surface area contributed by atoms with E-state index in [2.05, 4.69) is 5.32 Å². The molecule has 2 atom stereocenters. The van der Waals surface area contributed by atoms with Crippen molar-refractivity contribution >= 4 is 17.3 Å². The molecule has 9 heteroatoms. The molecule has 0 spiro atoms. The first-order chi connectivity index (χ1) is 12.6. The van der Waals surface area contributed by atoms with Gasteiger partial charge < -0.3 is 14.2 Å². The normalized spacial score (nSPS) is 20.1. The summed E-state index contributed by atoms with van der Waals surface area (Å²) < 4.78 is 45.7. The van der Waals surface area contributed by atoms with Crippen LogP contribution in [0.3, 0.4) is 0 Å². The topological polar surface area (TPSA) is 46.5 Å². The van der Waals surface area contributed by atoms with Gasteiger partial charge in [-0.1, -0.05) is 23.7 Å². The van der Waals surface area contributed by atoms with Crippen molar-refractivity contribution in [3.63, 3.8) is 0 Å². The van der Waals surface area contributed by atoms with Gasteiger partial charge in [0.05, 0.1) is 18.2 Å². The van der Waals surface area contributed by atoms with Crippen LogP contribution in [-0.4, -0.2) is 31.3 Å². The fraction of sp³-hybridized carbons (Fsp3) is 0.389. The van der Waals surface area contributed by atoms with Gasteiger partial charge in [-0.3, -0.25) is 10.1 Å². The van der Waals surface area contributed by atoms with E-state index in [1.807, 2.05) is 43.3 Å². The van der Waals surface area contributed by atoms with Crippen molar-refractivity contribution in [1.29, 1.82) is 0 Å². The molecule has 2 heterocycles. The fourth-order valence-electron chi connectivity index (χ4n) is 2.89. The Morgan fingerprint density at radius 3 is 2.56 bits per heavy atom. The Kier molecular flexibility index (Phi) is 5.50. The average Bonchev–Trinajstić information content (AvgIpc) is 3.06. The van der Waals surface area contributed by atoms with Gasteiger partial charge in [0.25, 0.3) is 5.56 Å². The third kappa shape index (κ3) is 4.45. The van der Waals surface area contributed by atoms with Gasteiger partial charge in [0.1, 0.15) is 11.3 Å². The summed E-state index contributed by atoms with van der Waals surface area (Å²) in [6.07, 6.45) is -4.65. The highest BCUT2D eigenvalue weighted by Gasteiger charge is 2.33. The molecule has 146 valence electrons. The lowest BCUT2D eigenvalue weighted by atomic mass is 10.2. The van der Waals surface area contributed by atoms with Gasteiger partial charge >= 0.3 is 6.18 Å².